The number of sulfonamides is 1. The number of esters is 2. The zero-order chi connectivity index (χ0) is 20.8. The van der Waals surface area contributed by atoms with Crippen molar-refractivity contribution in [2.45, 2.75) is 49.8 Å². The Bertz CT molecular complexity index is 1080. The largest absolute Gasteiger partial charge is 0.460 e. The molecule has 0 radical (unpaired) electrons. The molecule has 0 unspecified atom stereocenters. The number of carbonyl (C=O) groups excluding carboxylic acids is 2. The van der Waals surface area contributed by atoms with Crippen molar-refractivity contribution < 1.29 is 27.5 Å². The number of anilines is 1. The molecule has 0 aromatic heterocycles. The molecule has 1 saturated heterocycles. The average molecular weight is 415 g/mol. The van der Waals surface area contributed by atoms with Crippen molar-refractivity contribution in [1.29, 1.82) is 0 Å². The van der Waals surface area contributed by atoms with Crippen LogP contribution in [0.4, 0.5) is 5.69 Å². The Hall–Kier alpha value is -2.87. The summed E-state index contributed by atoms with van der Waals surface area (Å²) < 4.78 is 38.2. The predicted octanol–water partition coefficient (Wildman–Crippen LogP) is 2.69. The summed E-state index contributed by atoms with van der Waals surface area (Å²) in [4.78, 5) is 24.2. The number of carbonyl (C=O) groups is 2. The summed E-state index contributed by atoms with van der Waals surface area (Å²) in [6.45, 7) is 3.57. The maximum absolute atomic E-state index is 13.3. The van der Waals surface area contributed by atoms with Crippen molar-refractivity contribution >= 4 is 27.6 Å². The fourth-order valence-corrected chi connectivity index (χ4v) is 5.55. The summed E-state index contributed by atoms with van der Waals surface area (Å²) in [5.74, 6) is -1.34. The molecular formula is C21H21NO6S. The molecule has 0 bridgehead atoms. The maximum Gasteiger partial charge on any atom is 0.347 e. The van der Waals surface area contributed by atoms with Crippen molar-refractivity contribution in [3.05, 3.63) is 59.7 Å². The minimum absolute atomic E-state index is 0.00197. The quantitative estimate of drug-likeness (QED) is 0.714. The molecule has 7 nitrogen and oxygen atoms in total. The molecule has 2 heterocycles. The van der Waals surface area contributed by atoms with Crippen LogP contribution in [0.5, 0.6) is 0 Å². The first-order chi connectivity index (χ1) is 13.8. The normalized spacial score (nSPS) is 23.6. The van der Waals surface area contributed by atoms with E-state index in [9.17, 15) is 18.0 Å². The molecule has 8 heteroatoms. The van der Waals surface area contributed by atoms with Crippen LogP contribution in [0, 0.1) is 0 Å². The van der Waals surface area contributed by atoms with Gasteiger partial charge in [0.05, 0.1) is 16.1 Å². The van der Waals surface area contributed by atoms with Gasteiger partial charge in [0.25, 0.3) is 10.0 Å². The van der Waals surface area contributed by atoms with Gasteiger partial charge in [0.1, 0.15) is 6.10 Å². The van der Waals surface area contributed by atoms with Gasteiger partial charge in [0.15, 0.2) is 0 Å². The Morgan fingerprint density at radius 3 is 2.62 bits per heavy atom. The Morgan fingerprint density at radius 2 is 1.90 bits per heavy atom. The minimum atomic E-state index is -3.87. The van der Waals surface area contributed by atoms with E-state index in [0.717, 1.165) is 5.56 Å². The molecule has 2 aromatic carbocycles. The van der Waals surface area contributed by atoms with E-state index >= 15 is 0 Å². The molecule has 29 heavy (non-hydrogen) atoms. The standard InChI is InChI=1S/C21H21NO6S/c1-13-10-15-6-3-4-9-18(15)22(13)29(25,26)17-8-5-7-16(12-17)20(23)28-19-11-14(2)27-21(19)24/h3-9,12-14,19H,10-11H2,1-2H3/t13-,14-,19+/m1/s1. The number of fused-ring (bicyclic) bond motifs is 1. The van der Waals surface area contributed by atoms with Crippen LogP contribution in [-0.4, -0.2) is 38.6 Å². The monoisotopic (exact) mass is 415 g/mol. The molecule has 2 aliphatic heterocycles. The van der Waals surface area contributed by atoms with E-state index < -0.39 is 28.1 Å². The summed E-state index contributed by atoms with van der Waals surface area (Å²) in [5.41, 5.74) is 1.68. The van der Waals surface area contributed by atoms with Gasteiger partial charge < -0.3 is 9.47 Å². The van der Waals surface area contributed by atoms with Crippen LogP contribution in [0.2, 0.25) is 0 Å². The topological polar surface area (TPSA) is 90.0 Å². The Kier molecular flexibility index (Phi) is 4.82. The third kappa shape index (κ3) is 3.48. The molecule has 4 rings (SSSR count). The first kappa shape index (κ1) is 19.4. The van der Waals surface area contributed by atoms with Gasteiger partial charge in [-0.3, -0.25) is 4.31 Å². The Morgan fingerprint density at radius 1 is 1.14 bits per heavy atom. The van der Waals surface area contributed by atoms with Crippen LogP contribution in [-0.2, 0) is 30.7 Å². The SMILES string of the molecule is C[C@@H]1C[C@H](OC(=O)c2cccc(S(=O)(=O)N3c4ccccc4C[C@H]3C)c2)C(=O)O1. The van der Waals surface area contributed by atoms with E-state index in [0.29, 0.717) is 12.1 Å². The highest BCUT2D eigenvalue weighted by Crippen LogP contribution is 2.36. The van der Waals surface area contributed by atoms with E-state index in [1.165, 1.54) is 28.6 Å². The fraction of sp³-hybridized carbons (Fsp3) is 0.333. The molecule has 3 atom stereocenters. The zero-order valence-corrected chi connectivity index (χ0v) is 16.9. The molecule has 0 saturated carbocycles. The third-order valence-electron chi connectivity index (χ3n) is 5.15. The molecular weight excluding hydrogens is 394 g/mol. The van der Waals surface area contributed by atoms with Crippen LogP contribution >= 0.6 is 0 Å². The molecule has 0 spiro atoms. The van der Waals surface area contributed by atoms with E-state index in [1.54, 1.807) is 19.1 Å². The van der Waals surface area contributed by atoms with Crippen molar-refractivity contribution in [1.82, 2.24) is 0 Å². The van der Waals surface area contributed by atoms with Gasteiger partial charge in [-0.05, 0) is 50.1 Å². The maximum atomic E-state index is 13.3. The molecule has 0 aliphatic carbocycles. The first-order valence-corrected chi connectivity index (χ1v) is 10.9. The summed E-state index contributed by atoms with van der Waals surface area (Å²) in [6, 6.07) is 12.8. The number of benzene rings is 2. The minimum Gasteiger partial charge on any atom is -0.460 e. The number of hydrogen-bond acceptors (Lipinski definition) is 6. The van der Waals surface area contributed by atoms with Crippen LogP contribution in [0.3, 0.4) is 0 Å². The average Bonchev–Trinajstić information content (AvgIpc) is 3.19. The number of hydrogen-bond donors (Lipinski definition) is 0. The smallest absolute Gasteiger partial charge is 0.347 e. The predicted molar refractivity (Wildman–Crippen MR) is 105 cm³/mol. The van der Waals surface area contributed by atoms with Gasteiger partial charge in [0.2, 0.25) is 6.10 Å². The highest BCUT2D eigenvalue weighted by molar-refractivity contribution is 7.92. The molecule has 0 amide bonds. The number of nitrogens with zero attached hydrogens (tertiary/aromatic N) is 1. The van der Waals surface area contributed by atoms with Crippen molar-refractivity contribution in [3.63, 3.8) is 0 Å². The van der Waals surface area contributed by atoms with Crippen LogP contribution in [0.1, 0.15) is 36.2 Å². The van der Waals surface area contributed by atoms with Gasteiger partial charge in [-0.1, -0.05) is 24.3 Å². The van der Waals surface area contributed by atoms with Crippen molar-refractivity contribution in [3.8, 4) is 0 Å². The molecule has 0 N–H and O–H groups in total. The third-order valence-corrected chi connectivity index (χ3v) is 7.07. The van der Waals surface area contributed by atoms with Gasteiger partial charge >= 0.3 is 11.9 Å². The number of ether oxygens (including phenoxy) is 2. The lowest BCUT2D eigenvalue weighted by atomic mass is 10.1. The highest BCUT2D eigenvalue weighted by Gasteiger charge is 2.37. The van der Waals surface area contributed by atoms with Gasteiger partial charge in [0, 0.05) is 12.5 Å². The Labute approximate surface area is 169 Å². The second kappa shape index (κ2) is 7.18. The lowest BCUT2D eigenvalue weighted by molar-refractivity contribution is -0.147. The molecule has 152 valence electrons. The first-order valence-electron chi connectivity index (χ1n) is 9.41. The van der Waals surface area contributed by atoms with E-state index in [-0.39, 0.29) is 29.0 Å². The summed E-state index contributed by atoms with van der Waals surface area (Å²) in [7, 11) is -3.87. The molecule has 2 aromatic rings. The van der Waals surface area contributed by atoms with Crippen molar-refractivity contribution in [2.24, 2.45) is 0 Å². The van der Waals surface area contributed by atoms with Gasteiger partial charge in [-0.25, -0.2) is 18.0 Å². The van der Waals surface area contributed by atoms with Gasteiger partial charge in [-0.2, -0.15) is 0 Å². The highest BCUT2D eigenvalue weighted by atomic mass is 32.2. The summed E-state index contributed by atoms with van der Waals surface area (Å²) >= 11 is 0. The van der Waals surface area contributed by atoms with Crippen LogP contribution < -0.4 is 4.31 Å². The van der Waals surface area contributed by atoms with E-state index in [2.05, 4.69) is 0 Å². The zero-order valence-electron chi connectivity index (χ0n) is 16.1. The molecule has 1 fully saturated rings. The van der Waals surface area contributed by atoms with E-state index in [4.69, 9.17) is 9.47 Å². The second-order valence-corrected chi connectivity index (χ2v) is 9.20. The summed E-state index contributed by atoms with van der Waals surface area (Å²) in [5, 5.41) is 0. The Balaban J connectivity index is 1.61. The van der Waals surface area contributed by atoms with Crippen LogP contribution in [0.25, 0.3) is 0 Å². The number of para-hydroxylation sites is 1. The van der Waals surface area contributed by atoms with E-state index in [1.807, 2.05) is 19.1 Å². The summed E-state index contributed by atoms with van der Waals surface area (Å²) in [6.07, 6.45) is -0.379. The molecule has 2 aliphatic rings. The van der Waals surface area contributed by atoms with Crippen molar-refractivity contribution in [2.75, 3.05) is 4.31 Å². The number of rotatable bonds is 4. The number of cyclic esters (lactones) is 1. The fourth-order valence-electron chi connectivity index (χ4n) is 3.81. The van der Waals surface area contributed by atoms with Gasteiger partial charge in [-0.15, -0.1) is 0 Å². The van der Waals surface area contributed by atoms with Crippen LogP contribution in [0.15, 0.2) is 53.4 Å². The lowest BCUT2D eigenvalue weighted by Gasteiger charge is -2.24. The second-order valence-electron chi connectivity index (χ2n) is 7.39. The lowest BCUT2D eigenvalue weighted by Crippen LogP contribution is -2.35.